The summed E-state index contributed by atoms with van der Waals surface area (Å²) in [7, 11) is 1.64. The maximum atomic E-state index is 10.4. The van der Waals surface area contributed by atoms with Crippen molar-refractivity contribution in [1.82, 2.24) is 14.9 Å². The Morgan fingerprint density at radius 3 is 2.94 bits per heavy atom. The van der Waals surface area contributed by atoms with Gasteiger partial charge in [0.25, 0.3) is 0 Å². The summed E-state index contributed by atoms with van der Waals surface area (Å²) >= 11 is 1.05. The summed E-state index contributed by atoms with van der Waals surface area (Å²) in [5.41, 5.74) is 0. The van der Waals surface area contributed by atoms with Crippen LogP contribution in [0.25, 0.3) is 0 Å². The quantitative estimate of drug-likeness (QED) is 0.530. The smallest absolute Gasteiger partial charge is 0.313 e. The number of rotatable bonds is 7. The molecule has 1 aromatic rings. The standard InChI is InChI=1S/C9H16N4O3S/c1-6(16-2)3-4-7-11-12-9(13(7)10)17-5-8(14)15/h6H,3-5,10H2,1-2H3,(H,14,15). The number of nitrogen functional groups attached to an aromatic ring is 1. The van der Waals surface area contributed by atoms with Crippen LogP contribution in [0.3, 0.4) is 0 Å². The number of carbonyl (C=O) groups is 1. The lowest BCUT2D eigenvalue weighted by atomic mass is 10.2. The van der Waals surface area contributed by atoms with E-state index in [1.54, 1.807) is 7.11 Å². The van der Waals surface area contributed by atoms with Gasteiger partial charge in [-0.15, -0.1) is 10.2 Å². The number of aromatic nitrogens is 3. The predicted octanol–water partition coefficient (Wildman–Crippen LogP) is 0.136. The minimum atomic E-state index is -0.910. The van der Waals surface area contributed by atoms with Crippen molar-refractivity contribution in [2.45, 2.75) is 31.0 Å². The minimum absolute atomic E-state index is 0.0796. The highest BCUT2D eigenvalue weighted by Crippen LogP contribution is 2.15. The number of aryl methyl sites for hydroxylation is 1. The molecule has 8 heteroatoms. The fourth-order valence-corrected chi connectivity index (χ4v) is 1.75. The number of hydrogen-bond acceptors (Lipinski definition) is 6. The molecule has 0 fully saturated rings. The molecule has 0 saturated heterocycles. The molecule has 1 aromatic heterocycles. The number of carboxylic acid groups (broad SMARTS) is 1. The van der Waals surface area contributed by atoms with Gasteiger partial charge in [-0.1, -0.05) is 11.8 Å². The molecule has 0 bridgehead atoms. The third kappa shape index (κ3) is 4.23. The molecule has 0 aliphatic rings. The molecule has 1 heterocycles. The van der Waals surface area contributed by atoms with Crippen molar-refractivity contribution in [3.05, 3.63) is 5.82 Å². The van der Waals surface area contributed by atoms with Gasteiger partial charge in [-0.25, -0.2) is 4.68 Å². The van der Waals surface area contributed by atoms with E-state index in [-0.39, 0.29) is 11.9 Å². The molecule has 3 N–H and O–H groups in total. The molecule has 1 atom stereocenters. The van der Waals surface area contributed by atoms with Crippen molar-refractivity contribution in [3.8, 4) is 0 Å². The molecule has 0 spiro atoms. The van der Waals surface area contributed by atoms with Gasteiger partial charge in [-0.05, 0) is 13.3 Å². The molecule has 0 radical (unpaired) electrons. The molecule has 1 rings (SSSR count). The Labute approximate surface area is 103 Å². The molecule has 17 heavy (non-hydrogen) atoms. The second kappa shape index (κ2) is 6.45. The molecule has 0 aliphatic heterocycles. The molecule has 7 nitrogen and oxygen atoms in total. The first-order valence-electron chi connectivity index (χ1n) is 5.11. The van der Waals surface area contributed by atoms with Crippen LogP contribution in [0, 0.1) is 0 Å². The van der Waals surface area contributed by atoms with E-state index in [4.69, 9.17) is 15.7 Å². The topological polar surface area (TPSA) is 103 Å². The van der Waals surface area contributed by atoms with E-state index in [1.165, 1.54) is 4.68 Å². The summed E-state index contributed by atoms with van der Waals surface area (Å²) in [6, 6.07) is 0. The molecule has 0 aliphatic carbocycles. The average molecular weight is 260 g/mol. The first kappa shape index (κ1) is 13.8. The lowest BCUT2D eigenvalue weighted by molar-refractivity contribution is -0.133. The zero-order chi connectivity index (χ0) is 12.8. The van der Waals surface area contributed by atoms with E-state index in [2.05, 4.69) is 10.2 Å². The van der Waals surface area contributed by atoms with Crippen molar-refractivity contribution in [2.75, 3.05) is 18.7 Å². The van der Waals surface area contributed by atoms with Crippen LogP contribution in [0.5, 0.6) is 0 Å². The van der Waals surface area contributed by atoms with Crippen molar-refractivity contribution in [3.63, 3.8) is 0 Å². The molecule has 1 unspecified atom stereocenters. The first-order valence-corrected chi connectivity index (χ1v) is 6.10. The first-order chi connectivity index (χ1) is 8.04. The molecule has 0 aromatic carbocycles. The zero-order valence-corrected chi connectivity index (χ0v) is 10.6. The van der Waals surface area contributed by atoms with Crippen LogP contribution in [0.2, 0.25) is 0 Å². The van der Waals surface area contributed by atoms with E-state index >= 15 is 0 Å². The number of carboxylic acids is 1. The fraction of sp³-hybridized carbons (Fsp3) is 0.667. The van der Waals surface area contributed by atoms with Crippen LogP contribution in [0.1, 0.15) is 19.2 Å². The third-order valence-corrected chi connectivity index (χ3v) is 3.16. The summed E-state index contributed by atoms with van der Waals surface area (Å²) < 4.78 is 6.45. The highest BCUT2D eigenvalue weighted by atomic mass is 32.2. The lowest BCUT2D eigenvalue weighted by Gasteiger charge is -2.08. The van der Waals surface area contributed by atoms with Crippen molar-refractivity contribution >= 4 is 17.7 Å². The number of thioether (sulfide) groups is 1. The van der Waals surface area contributed by atoms with E-state index in [0.717, 1.165) is 18.2 Å². The number of methoxy groups -OCH3 is 1. The van der Waals surface area contributed by atoms with Crippen molar-refractivity contribution in [1.29, 1.82) is 0 Å². The van der Waals surface area contributed by atoms with Crippen LogP contribution in [-0.4, -0.2) is 44.9 Å². The highest BCUT2D eigenvalue weighted by Gasteiger charge is 2.12. The second-order valence-electron chi connectivity index (χ2n) is 3.54. The summed E-state index contributed by atoms with van der Waals surface area (Å²) in [4.78, 5) is 10.4. The van der Waals surface area contributed by atoms with Gasteiger partial charge in [-0.2, -0.15) is 0 Å². The molecule has 0 amide bonds. The lowest BCUT2D eigenvalue weighted by Crippen LogP contribution is -2.16. The van der Waals surface area contributed by atoms with E-state index < -0.39 is 5.97 Å². The Morgan fingerprint density at radius 1 is 1.65 bits per heavy atom. The van der Waals surface area contributed by atoms with Crippen LogP contribution < -0.4 is 5.84 Å². The van der Waals surface area contributed by atoms with Gasteiger partial charge in [0.05, 0.1) is 11.9 Å². The van der Waals surface area contributed by atoms with Gasteiger partial charge in [0.2, 0.25) is 5.16 Å². The minimum Gasteiger partial charge on any atom is -0.481 e. The summed E-state index contributed by atoms with van der Waals surface area (Å²) in [6.07, 6.45) is 1.56. The highest BCUT2D eigenvalue weighted by molar-refractivity contribution is 7.99. The number of nitrogens with zero attached hydrogens (tertiary/aromatic N) is 3. The summed E-state index contributed by atoms with van der Waals surface area (Å²) in [5.74, 6) is 5.39. The van der Waals surface area contributed by atoms with Gasteiger partial charge in [-0.3, -0.25) is 4.79 Å². The molecular weight excluding hydrogens is 244 g/mol. The van der Waals surface area contributed by atoms with Crippen LogP contribution in [-0.2, 0) is 16.0 Å². The van der Waals surface area contributed by atoms with E-state index in [9.17, 15) is 4.79 Å². The SMILES string of the molecule is COC(C)CCc1nnc(SCC(=O)O)n1N. The number of ether oxygens (including phenoxy) is 1. The Bertz CT molecular complexity index is 382. The predicted molar refractivity (Wildman–Crippen MR) is 63.3 cm³/mol. The third-order valence-electron chi connectivity index (χ3n) is 2.24. The van der Waals surface area contributed by atoms with Gasteiger partial charge < -0.3 is 15.7 Å². The van der Waals surface area contributed by atoms with Gasteiger partial charge in [0.15, 0.2) is 5.82 Å². The normalized spacial score (nSPS) is 12.6. The number of aliphatic carboxylic acids is 1. The van der Waals surface area contributed by atoms with Crippen molar-refractivity contribution in [2.24, 2.45) is 0 Å². The monoisotopic (exact) mass is 260 g/mol. The van der Waals surface area contributed by atoms with Crippen LogP contribution >= 0.6 is 11.8 Å². The zero-order valence-electron chi connectivity index (χ0n) is 9.79. The van der Waals surface area contributed by atoms with Crippen LogP contribution in [0.15, 0.2) is 5.16 Å². The maximum absolute atomic E-state index is 10.4. The second-order valence-corrected chi connectivity index (χ2v) is 4.48. The van der Waals surface area contributed by atoms with E-state index in [0.29, 0.717) is 17.4 Å². The Balaban J connectivity index is 2.54. The van der Waals surface area contributed by atoms with Crippen LogP contribution in [0.4, 0.5) is 0 Å². The van der Waals surface area contributed by atoms with Gasteiger partial charge in [0, 0.05) is 13.5 Å². The van der Waals surface area contributed by atoms with Crippen molar-refractivity contribution < 1.29 is 14.6 Å². The maximum Gasteiger partial charge on any atom is 0.313 e. The number of hydrogen-bond donors (Lipinski definition) is 2. The number of nitrogens with two attached hydrogens (primary N) is 1. The summed E-state index contributed by atoms with van der Waals surface area (Å²) in [5, 5.41) is 16.7. The largest absolute Gasteiger partial charge is 0.481 e. The molecule has 0 saturated carbocycles. The Morgan fingerprint density at radius 2 is 2.35 bits per heavy atom. The van der Waals surface area contributed by atoms with Gasteiger partial charge in [0.1, 0.15) is 0 Å². The summed E-state index contributed by atoms with van der Waals surface area (Å²) in [6.45, 7) is 1.96. The Kier molecular flexibility index (Phi) is 5.23. The van der Waals surface area contributed by atoms with E-state index in [1.807, 2.05) is 6.92 Å². The van der Waals surface area contributed by atoms with Gasteiger partial charge >= 0.3 is 5.97 Å². The average Bonchev–Trinajstić information content (AvgIpc) is 2.64. The molecule has 96 valence electrons. The fourth-order valence-electron chi connectivity index (χ4n) is 1.15. The Hall–Kier alpha value is -1.28. The molecular formula is C9H16N4O3S.